The maximum atomic E-state index is 10.4. The molecular formula is C12H6O4. The topological polar surface area (TPSA) is 68.3 Å². The van der Waals surface area contributed by atoms with E-state index < -0.39 is 0 Å². The fraction of sp³-hybridized carbons (Fsp3) is 0. The van der Waals surface area contributed by atoms with E-state index in [2.05, 4.69) is 0 Å². The Morgan fingerprint density at radius 2 is 0.938 bits per heavy atom. The Kier molecular flexibility index (Phi) is 2.32. The number of ketones is 3. The van der Waals surface area contributed by atoms with Crippen LogP contribution in [0.25, 0.3) is 12.2 Å². The van der Waals surface area contributed by atoms with Gasteiger partial charge >= 0.3 is 0 Å². The molecule has 0 aliphatic heterocycles. The van der Waals surface area contributed by atoms with E-state index >= 15 is 0 Å². The van der Waals surface area contributed by atoms with Crippen LogP contribution in [0.2, 0.25) is 0 Å². The maximum Gasteiger partial charge on any atom is 0.194 e. The zero-order chi connectivity index (χ0) is 11.7. The van der Waals surface area contributed by atoms with Gasteiger partial charge in [-0.3, -0.25) is 19.2 Å². The summed E-state index contributed by atoms with van der Waals surface area (Å²) in [5.41, 5.74) is 0.0459. The minimum absolute atomic E-state index is 0.0459. The van der Waals surface area contributed by atoms with Crippen LogP contribution in [0.1, 0.15) is 0 Å². The number of fused-ring (bicyclic) bond motifs is 1. The zero-order valence-corrected chi connectivity index (χ0v) is 8.10. The van der Waals surface area contributed by atoms with Gasteiger partial charge in [0.25, 0.3) is 0 Å². The minimum atomic E-state index is -0.121. The van der Waals surface area contributed by atoms with Gasteiger partial charge in [-0.05, 0) is 36.5 Å². The highest BCUT2D eigenvalue weighted by molar-refractivity contribution is 6.27. The number of carbonyl (C=O) groups excluding carboxylic acids is 3. The van der Waals surface area contributed by atoms with Crippen molar-refractivity contribution < 1.29 is 14.4 Å². The van der Waals surface area contributed by atoms with Crippen molar-refractivity contribution in [1.29, 1.82) is 0 Å². The second-order valence-corrected chi connectivity index (χ2v) is 3.32. The first-order valence-corrected chi connectivity index (χ1v) is 4.54. The third-order valence-electron chi connectivity index (χ3n) is 2.11. The number of hydrogen-bond donors (Lipinski definition) is 0. The monoisotopic (exact) mass is 214 g/mol. The van der Waals surface area contributed by atoms with Gasteiger partial charge in [-0.15, -0.1) is 0 Å². The molecule has 0 heterocycles. The van der Waals surface area contributed by atoms with Crippen molar-refractivity contribution in [2.45, 2.75) is 0 Å². The third kappa shape index (κ3) is 2.00. The summed E-state index contributed by atoms with van der Waals surface area (Å²) in [5, 5.41) is 1.24. The molecule has 4 heteroatoms. The van der Waals surface area contributed by atoms with Gasteiger partial charge < -0.3 is 0 Å². The minimum Gasteiger partial charge on any atom is -0.290 e. The first-order chi connectivity index (χ1) is 7.58. The summed E-state index contributed by atoms with van der Waals surface area (Å²) in [5.74, 6) is -0.288. The summed E-state index contributed by atoms with van der Waals surface area (Å²) in [6.45, 7) is 0. The fourth-order valence-electron chi connectivity index (χ4n) is 1.25. The number of allylic oxidation sites excluding steroid dienone is 4. The summed E-state index contributed by atoms with van der Waals surface area (Å²) in [6.07, 6.45) is 7.75. The molecule has 0 atom stereocenters. The Morgan fingerprint density at radius 3 is 1.25 bits per heavy atom. The van der Waals surface area contributed by atoms with Crippen LogP contribution in [0.4, 0.5) is 0 Å². The Labute approximate surface area is 89.6 Å². The molecule has 0 N–H and O–H groups in total. The van der Waals surface area contributed by atoms with Crippen LogP contribution in [0.5, 0.6) is 0 Å². The molecule has 16 heavy (non-hydrogen) atoms. The van der Waals surface area contributed by atoms with Gasteiger partial charge in [0.2, 0.25) is 0 Å². The lowest BCUT2D eigenvalue weighted by atomic mass is 10.2. The fourth-order valence-corrected chi connectivity index (χ4v) is 1.25. The molecule has 0 aromatic heterocycles. The molecule has 4 nitrogen and oxygen atoms in total. The molecule has 2 aliphatic rings. The standard InChI is InChI=1S/C6H2O2.C6H4O2/c7-3-1-4-5(2-3)6(4)8;7-5-1-2-6(8)4-3-5/h1-2H;1-4H. The lowest BCUT2D eigenvalue weighted by molar-refractivity contribution is -0.113. The Bertz CT molecular complexity index is 605. The molecular weight excluding hydrogens is 208 g/mol. The average molecular weight is 214 g/mol. The Morgan fingerprint density at radius 1 is 0.562 bits per heavy atom. The first-order valence-electron chi connectivity index (χ1n) is 4.54. The summed E-state index contributed by atoms with van der Waals surface area (Å²) < 4.78 is 0. The van der Waals surface area contributed by atoms with Gasteiger partial charge in [0.1, 0.15) is 0 Å². The lowest BCUT2D eigenvalue weighted by Gasteiger charge is -1.87. The molecule has 3 rings (SSSR count). The average Bonchev–Trinajstić information content (AvgIpc) is 2.70. The predicted molar refractivity (Wildman–Crippen MR) is 56.6 cm³/mol. The number of rotatable bonds is 0. The first kappa shape index (κ1) is 10.2. The highest BCUT2D eigenvalue weighted by Crippen LogP contribution is 1.90. The lowest BCUT2D eigenvalue weighted by Crippen LogP contribution is -1.99. The molecule has 2 aliphatic carbocycles. The molecule has 0 spiro atoms. The molecule has 0 unspecified atom stereocenters. The van der Waals surface area contributed by atoms with Crippen LogP contribution in [0.3, 0.4) is 0 Å². The van der Waals surface area contributed by atoms with Gasteiger partial charge in [-0.2, -0.15) is 0 Å². The van der Waals surface area contributed by atoms with Crippen molar-refractivity contribution in [2.75, 3.05) is 0 Å². The molecule has 0 fully saturated rings. The highest BCUT2D eigenvalue weighted by atomic mass is 16.1. The van der Waals surface area contributed by atoms with Crippen molar-refractivity contribution >= 4 is 29.5 Å². The molecule has 0 bridgehead atoms. The quantitative estimate of drug-likeness (QED) is 0.483. The van der Waals surface area contributed by atoms with E-state index in [0.29, 0.717) is 10.4 Å². The van der Waals surface area contributed by atoms with Crippen molar-refractivity contribution in [3.8, 4) is 0 Å². The van der Waals surface area contributed by atoms with Crippen LogP contribution in [-0.2, 0) is 14.4 Å². The van der Waals surface area contributed by atoms with Gasteiger partial charge in [0.05, 0.1) is 0 Å². The van der Waals surface area contributed by atoms with Gasteiger partial charge in [0.15, 0.2) is 22.8 Å². The zero-order valence-electron chi connectivity index (χ0n) is 8.10. The molecule has 0 radical (unpaired) electrons. The molecule has 1 aromatic carbocycles. The number of carbonyl (C=O) groups is 3. The Balaban J connectivity index is 0.000000120. The molecule has 0 amide bonds. The molecule has 78 valence electrons. The van der Waals surface area contributed by atoms with E-state index in [4.69, 9.17) is 0 Å². The molecule has 0 saturated heterocycles. The van der Waals surface area contributed by atoms with Crippen LogP contribution in [0, 0.1) is 0 Å². The van der Waals surface area contributed by atoms with E-state index in [9.17, 15) is 19.2 Å². The molecule has 1 aromatic rings. The van der Waals surface area contributed by atoms with E-state index in [0.717, 1.165) is 0 Å². The van der Waals surface area contributed by atoms with E-state index in [1.807, 2.05) is 0 Å². The normalized spacial score (nSPS) is 16.6. The largest absolute Gasteiger partial charge is 0.290 e. The summed E-state index contributed by atoms with van der Waals surface area (Å²) in [6, 6.07) is 0. The van der Waals surface area contributed by atoms with Crippen molar-refractivity contribution in [3.05, 3.63) is 45.0 Å². The SMILES string of the molecule is O=C1C=CC(=O)C=C1.O=C1C=c2c(=O)c2=C1. The van der Waals surface area contributed by atoms with Gasteiger partial charge in [-0.25, -0.2) is 0 Å². The van der Waals surface area contributed by atoms with Crippen LogP contribution in [-0.4, -0.2) is 17.3 Å². The van der Waals surface area contributed by atoms with Crippen LogP contribution >= 0.6 is 0 Å². The number of hydrogen-bond acceptors (Lipinski definition) is 4. The molecule has 0 saturated carbocycles. The van der Waals surface area contributed by atoms with Crippen molar-refractivity contribution in [2.24, 2.45) is 0 Å². The highest BCUT2D eigenvalue weighted by Gasteiger charge is 2.13. The van der Waals surface area contributed by atoms with Gasteiger partial charge in [-0.1, -0.05) is 0 Å². The van der Waals surface area contributed by atoms with Crippen molar-refractivity contribution in [1.82, 2.24) is 0 Å². The Hall–Kier alpha value is -2.36. The second-order valence-electron chi connectivity index (χ2n) is 3.32. The smallest absolute Gasteiger partial charge is 0.194 e. The van der Waals surface area contributed by atoms with E-state index in [1.54, 1.807) is 0 Å². The number of Topliss-reactive ketones (excluding diaryl/α,β-unsaturated/α-hetero) is 1. The van der Waals surface area contributed by atoms with Gasteiger partial charge in [0, 0.05) is 10.4 Å². The van der Waals surface area contributed by atoms with E-state index in [1.165, 1.54) is 36.5 Å². The third-order valence-corrected chi connectivity index (χ3v) is 2.11. The maximum absolute atomic E-state index is 10.4. The summed E-state index contributed by atoms with van der Waals surface area (Å²) >= 11 is 0. The van der Waals surface area contributed by atoms with Crippen LogP contribution < -0.4 is 15.9 Å². The summed E-state index contributed by atoms with van der Waals surface area (Å²) in [7, 11) is 0. The summed E-state index contributed by atoms with van der Waals surface area (Å²) in [4.78, 5) is 41.2. The van der Waals surface area contributed by atoms with E-state index in [-0.39, 0.29) is 22.8 Å². The van der Waals surface area contributed by atoms with Crippen LogP contribution in [0.15, 0.2) is 29.1 Å². The second kappa shape index (κ2) is 3.66. The van der Waals surface area contributed by atoms with Crippen molar-refractivity contribution in [3.63, 3.8) is 0 Å². The predicted octanol–water partition coefficient (Wildman–Crippen LogP) is -1.68.